The molecule has 0 atom stereocenters. The fourth-order valence-electron chi connectivity index (χ4n) is 0.581. The molecule has 2 rings (SSSR count). The van der Waals surface area contributed by atoms with Gasteiger partial charge in [-0.1, -0.05) is 0 Å². The summed E-state index contributed by atoms with van der Waals surface area (Å²) in [5.74, 6) is 0. The van der Waals surface area contributed by atoms with Gasteiger partial charge in [0.25, 0.3) is 0 Å². The fraction of sp³-hybridized carbons (Fsp3) is 0.111. The first-order chi connectivity index (χ1) is 5.00. The first-order valence-corrected chi connectivity index (χ1v) is 3.21. The van der Waals surface area contributed by atoms with Crippen LogP contribution in [-0.2, 0) is 21.7 Å². The molecule has 0 fully saturated rings. The van der Waals surface area contributed by atoms with Gasteiger partial charge in [0, 0.05) is 0 Å². The molecule has 0 aliphatic heterocycles. The summed E-state index contributed by atoms with van der Waals surface area (Å²) in [6, 6.07) is 3.71. The Kier molecular flexibility index (Phi) is 21.0. The van der Waals surface area contributed by atoms with Crippen LogP contribution in [0.25, 0.3) is 0 Å². The zero-order valence-corrected chi connectivity index (χ0v) is 10.0. The Morgan fingerprint density at radius 3 is 2.15 bits per heavy atom. The Morgan fingerprint density at radius 2 is 2.00 bits per heavy atom. The minimum atomic E-state index is 0. The van der Waals surface area contributed by atoms with E-state index in [1.54, 1.807) is 0 Å². The number of nitrogens with one attached hydrogen (secondary N) is 1. The Hall–Kier alpha value is 0.0543. The Morgan fingerprint density at radius 1 is 1.23 bits per heavy atom. The molecule has 1 aliphatic rings. The first kappa shape index (κ1) is 18.8. The van der Waals surface area contributed by atoms with Crippen molar-refractivity contribution in [3.8, 4) is 0 Å². The van der Waals surface area contributed by atoms with Crippen molar-refractivity contribution in [3.63, 3.8) is 0 Å². The molecule has 0 spiro atoms. The summed E-state index contributed by atoms with van der Waals surface area (Å²) in [5, 5.41) is 0. The summed E-state index contributed by atoms with van der Waals surface area (Å²) < 4.78 is 0. The van der Waals surface area contributed by atoms with Crippen LogP contribution in [0.3, 0.4) is 0 Å². The van der Waals surface area contributed by atoms with Crippen molar-refractivity contribution >= 4 is 0 Å². The van der Waals surface area contributed by atoms with E-state index in [0.29, 0.717) is 0 Å². The zero-order chi connectivity index (χ0) is 7.07. The van der Waals surface area contributed by atoms with Crippen LogP contribution in [0.2, 0.25) is 0 Å². The number of halogens is 2. The third kappa shape index (κ3) is 12.1. The SMILES string of the molecule is [C-]1=CC=CC1.[Cl-].[Cl-].[Ti+4].[c-]1ccc[nH]1. The monoisotopic (exact) mass is 249 g/mol. The molecule has 4 heteroatoms. The Bertz CT molecular complexity index is 180. The molecule has 0 saturated carbocycles. The summed E-state index contributed by atoms with van der Waals surface area (Å²) in [5.41, 5.74) is 0. The molecule has 1 aromatic rings. The number of hydrogen-bond donors (Lipinski definition) is 1. The van der Waals surface area contributed by atoms with E-state index in [0.717, 1.165) is 6.42 Å². The molecule has 0 saturated heterocycles. The molecular formula is C9H9Cl2NTi. The molecule has 1 heterocycles. The van der Waals surface area contributed by atoms with Gasteiger partial charge >= 0.3 is 21.7 Å². The Labute approximate surface area is 106 Å². The third-order valence-corrected chi connectivity index (χ3v) is 1.03. The fourth-order valence-corrected chi connectivity index (χ4v) is 0.581. The van der Waals surface area contributed by atoms with Gasteiger partial charge in [-0.05, 0) is 0 Å². The van der Waals surface area contributed by atoms with Gasteiger partial charge in [-0.2, -0.15) is 24.4 Å². The smallest absolute Gasteiger partial charge is 1.00 e. The second-order valence-corrected chi connectivity index (χ2v) is 1.82. The van der Waals surface area contributed by atoms with E-state index in [-0.39, 0.29) is 46.5 Å². The van der Waals surface area contributed by atoms with Gasteiger partial charge < -0.3 is 29.8 Å². The number of H-pyrrole nitrogens is 1. The van der Waals surface area contributed by atoms with Crippen molar-refractivity contribution in [2.24, 2.45) is 0 Å². The van der Waals surface area contributed by atoms with Crippen molar-refractivity contribution in [1.29, 1.82) is 0 Å². The predicted octanol–water partition coefficient (Wildman–Crippen LogP) is -3.87. The average molecular weight is 250 g/mol. The number of rotatable bonds is 0. The van der Waals surface area contributed by atoms with E-state index in [2.05, 4.69) is 23.3 Å². The molecule has 1 nitrogen and oxygen atoms in total. The summed E-state index contributed by atoms with van der Waals surface area (Å²) in [7, 11) is 0. The van der Waals surface area contributed by atoms with E-state index in [4.69, 9.17) is 0 Å². The van der Waals surface area contributed by atoms with E-state index >= 15 is 0 Å². The van der Waals surface area contributed by atoms with Crippen molar-refractivity contribution < 1.29 is 46.5 Å². The standard InChI is InChI=1S/C5H5.C4H4N.2ClH.Ti/c2*1-2-4-5-3-1;;;/h1-3H,4H2;1-3,5H;2*1H;/q2*-1;;;+4/p-2. The molecule has 68 valence electrons. The minimum absolute atomic E-state index is 0. The Balaban J connectivity index is -0.000000125. The summed E-state index contributed by atoms with van der Waals surface area (Å²) >= 11 is 0. The number of aromatic amines is 1. The zero-order valence-electron chi connectivity index (χ0n) is 6.93. The molecule has 1 aliphatic carbocycles. The van der Waals surface area contributed by atoms with Gasteiger partial charge in [0.05, 0.1) is 0 Å². The van der Waals surface area contributed by atoms with Crippen LogP contribution in [0.4, 0.5) is 0 Å². The van der Waals surface area contributed by atoms with Gasteiger partial charge in [0.1, 0.15) is 0 Å². The van der Waals surface area contributed by atoms with E-state index < -0.39 is 0 Å². The first-order valence-electron chi connectivity index (χ1n) is 3.21. The summed E-state index contributed by atoms with van der Waals surface area (Å²) in [6.45, 7) is 0. The number of hydrogen-bond acceptors (Lipinski definition) is 0. The van der Waals surface area contributed by atoms with Crippen molar-refractivity contribution in [1.82, 2.24) is 4.98 Å². The molecule has 13 heavy (non-hydrogen) atoms. The van der Waals surface area contributed by atoms with E-state index in [9.17, 15) is 0 Å². The second-order valence-electron chi connectivity index (χ2n) is 1.82. The van der Waals surface area contributed by atoms with Crippen molar-refractivity contribution in [2.45, 2.75) is 6.42 Å². The van der Waals surface area contributed by atoms with Crippen LogP contribution in [-0.4, -0.2) is 4.98 Å². The van der Waals surface area contributed by atoms with Crippen molar-refractivity contribution in [3.05, 3.63) is 48.8 Å². The van der Waals surface area contributed by atoms with Gasteiger partial charge in [-0.25, -0.2) is 12.2 Å². The average Bonchev–Trinajstić information content (AvgIpc) is 2.67. The number of aromatic nitrogens is 1. The summed E-state index contributed by atoms with van der Waals surface area (Å²) in [4.78, 5) is 2.74. The van der Waals surface area contributed by atoms with Gasteiger partial charge in [0.2, 0.25) is 0 Å². The molecule has 0 bridgehead atoms. The molecule has 1 N–H and O–H groups in total. The maximum atomic E-state index is 2.99. The van der Waals surface area contributed by atoms with E-state index in [1.165, 1.54) is 0 Å². The third-order valence-electron chi connectivity index (χ3n) is 1.03. The molecule has 0 radical (unpaired) electrons. The minimum Gasteiger partial charge on any atom is -1.00 e. The van der Waals surface area contributed by atoms with Crippen LogP contribution in [0.5, 0.6) is 0 Å². The van der Waals surface area contributed by atoms with E-state index in [1.807, 2.05) is 30.5 Å². The summed E-state index contributed by atoms with van der Waals surface area (Å²) in [6.07, 6.45) is 14.6. The van der Waals surface area contributed by atoms with Gasteiger partial charge in [-0.15, -0.1) is 12.6 Å². The molecule has 0 unspecified atom stereocenters. The molecule has 0 aromatic carbocycles. The topological polar surface area (TPSA) is 15.8 Å². The second kappa shape index (κ2) is 14.6. The maximum absolute atomic E-state index is 2.99. The predicted molar refractivity (Wildman–Crippen MR) is 41.2 cm³/mol. The normalized spacial score (nSPS) is 9.85. The van der Waals surface area contributed by atoms with Gasteiger partial charge in [0.15, 0.2) is 0 Å². The van der Waals surface area contributed by atoms with Crippen LogP contribution >= 0.6 is 0 Å². The van der Waals surface area contributed by atoms with Crippen LogP contribution < -0.4 is 24.8 Å². The van der Waals surface area contributed by atoms with Crippen LogP contribution in [0.15, 0.2) is 36.6 Å². The van der Waals surface area contributed by atoms with Crippen molar-refractivity contribution in [2.75, 3.05) is 0 Å². The molecule has 1 aromatic heterocycles. The van der Waals surface area contributed by atoms with Crippen LogP contribution in [0.1, 0.15) is 6.42 Å². The molecular weight excluding hydrogens is 241 g/mol. The quantitative estimate of drug-likeness (QED) is 0.358. The van der Waals surface area contributed by atoms with Gasteiger partial charge in [-0.3, -0.25) is 6.08 Å². The number of allylic oxidation sites excluding steroid dienone is 4. The van der Waals surface area contributed by atoms with Crippen LogP contribution in [0, 0.1) is 12.3 Å². The largest absolute Gasteiger partial charge is 4.00 e. The molecule has 0 amide bonds. The maximum Gasteiger partial charge on any atom is 4.00 e.